The highest BCUT2D eigenvalue weighted by molar-refractivity contribution is 6.88. The molecule has 0 atom stereocenters. The lowest BCUT2D eigenvalue weighted by atomic mass is 9.97. The number of benzene rings is 4. The van der Waals surface area contributed by atoms with Crippen molar-refractivity contribution in [2.45, 2.75) is 38.5 Å². The maximum Gasteiger partial charge on any atom is 0.323 e. The van der Waals surface area contributed by atoms with Crippen molar-refractivity contribution in [2.75, 3.05) is 36.3 Å². The third kappa shape index (κ3) is 6.27. The smallest absolute Gasteiger partial charge is 0.323 e. The van der Waals surface area contributed by atoms with Crippen LogP contribution in [0.2, 0.25) is 19.6 Å². The number of amides is 2. The second kappa shape index (κ2) is 11.5. The minimum atomic E-state index is -1.55. The molecule has 1 heterocycles. The van der Waals surface area contributed by atoms with Crippen molar-refractivity contribution >= 4 is 47.1 Å². The zero-order valence-electron chi connectivity index (χ0n) is 23.1. The summed E-state index contributed by atoms with van der Waals surface area (Å²) >= 11 is 0. The van der Waals surface area contributed by atoms with Crippen molar-refractivity contribution in [3.05, 3.63) is 78.9 Å². The number of ether oxygens (including phenoxy) is 2. The number of methoxy groups -OCH3 is 1. The molecule has 39 heavy (non-hydrogen) atoms. The highest BCUT2D eigenvalue weighted by atomic mass is 28.3. The van der Waals surface area contributed by atoms with Gasteiger partial charge in [-0.3, -0.25) is 0 Å². The molecule has 202 valence electrons. The van der Waals surface area contributed by atoms with Gasteiger partial charge in [-0.25, -0.2) is 4.79 Å². The molecule has 0 spiro atoms. The van der Waals surface area contributed by atoms with E-state index in [0.717, 1.165) is 59.3 Å². The van der Waals surface area contributed by atoms with E-state index >= 15 is 0 Å². The van der Waals surface area contributed by atoms with Crippen LogP contribution in [0.4, 0.5) is 21.9 Å². The standard InChI is InChI=1S/C32H37N3O3Si/c1-37-31-16-13-25(39(2,3)4)21-30(31)35-32(36)34-29-15-14-26(27-7-5-6-8-28(27)29)22-9-11-23(12-10-22)33-24-17-19-38-20-18-24/h5-16,21,24,33H,17-20H2,1-4H3,(H2,34,35,36). The lowest BCUT2D eigenvalue weighted by Crippen LogP contribution is -2.37. The molecular weight excluding hydrogens is 502 g/mol. The second-order valence-corrected chi connectivity index (χ2v) is 16.1. The summed E-state index contributed by atoms with van der Waals surface area (Å²) < 4.78 is 11.0. The number of fused-ring (bicyclic) bond motifs is 1. The van der Waals surface area contributed by atoms with E-state index in [0.29, 0.717) is 17.5 Å². The van der Waals surface area contributed by atoms with Gasteiger partial charge < -0.3 is 25.4 Å². The van der Waals surface area contributed by atoms with Gasteiger partial charge >= 0.3 is 6.03 Å². The SMILES string of the molecule is COc1ccc([Si](C)(C)C)cc1NC(=O)Nc1ccc(-c2ccc(NC3CCOCC3)cc2)c2ccccc12. The summed E-state index contributed by atoms with van der Waals surface area (Å²) in [6.45, 7) is 8.48. The third-order valence-corrected chi connectivity index (χ3v) is 9.32. The van der Waals surface area contributed by atoms with Crippen LogP contribution in [0.25, 0.3) is 21.9 Å². The van der Waals surface area contributed by atoms with Crippen molar-refractivity contribution in [3.8, 4) is 16.9 Å². The van der Waals surface area contributed by atoms with Crippen molar-refractivity contribution in [1.29, 1.82) is 0 Å². The van der Waals surface area contributed by atoms with Gasteiger partial charge in [0.15, 0.2) is 0 Å². The number of nitrogens with one attached hydrogen (secondary N) is 3. The maximum absolute atomic E-state index is 13.1. The second-order valence-electron chi connectivity index (χ2n) is 11.1. The van der Waals surface area contributed by atoms with Gasteiger partial charge in [0.05, 0.1) is 26.6 Å². The monoisotopic (exact) mass is 539 g/mol. The average Bonchev–Trinajstić information content (AvgIpc) is 2.94. The first-order valence-electron chi connectivity index (χ1n) is 13.5. The van der Waals surface area contributed by atoms with Crippen LogP contribution in [-0.4, -0.2) is 40.5 Å². The van der Waals surface area contributed by atoms with Crippen LogP contribution in [-0.2, 0) is 4.74 Å². The van der Waals surface area contributed by atoms with Gasteiger partial charge in [-0.2, -0.15) is 0 Å². The zero-order valence-corrected chi connectivity index (χ0v) is 24.1. The van der Waals surface area contributed by atoms with Gasteiger partial charge in [0.25, 0.3) is 0 Å². The molecule has 1 aliphatic heterocycles. The van der Waals surface area contributed by atoms with E-state index in [1.54, 1.807) is 7.11 Å². The van der Waals surface area contributed by atoms with Gasteiger partial charge in [0.2, 0.25) is 0 Å². The van der Waals surface area contributed by atoms with Crippen LogP contribution >= 0.6 is 0 Å². The summed E-state index contributed by atoms with van der Waals surface area (Å²) in [7, 11) is 0.0656. The van der Waals surface area contributed by atoms with Crippen molar-refractivity contribution in [3.63, 3.8) is 0 Å². The van der Waals surface area contributed by atoms with E-state index in [4.69, 9.17) is 9.47 Å². The largest absolute Gasteiger partial charge is 0.495 e. The Kier molecular flexibility index (Phi) is 7.91. The quantitative estimate of drug-likeness (QED) is 0.216. The van der Waals surface area contributed by atoms with Gasteiger partial charge in [-0.05, 0) is 59.7 Å². The van der Waals surface area contributed by atoms with Crippen LogP contribution in [0, 0.1) is 0 Å². The normalized spacial score (nSPS) is 14.2. The zero-order chi connectivity index (χ0) is 27.4. The van der Waals surface area contributed by atoms with E-state index in [9.17, 15) is 4.79 Å². The predicted octanol–water partition coefficient (Wildman–Crippen LogP) is 7.30. The fourth-order valence-corrected chi connectivity index (χ4v) is 6.19. The number of anilines is 3. The molecule has 6 nitrogen and oxygen atoms in total. The molecule has 3 N–H and O–H groups in total. The lowest BCUT2D eigenvalue weighted by molar-refractivity contribution is 0.0904. The Morgan fingerprint density at radius 1 is 0.846 bits per heavy atom. The molecule has 1 saturated heterocycles. The molecule has 1 aliphatic rings. The Bertz CT molecular complexity index is 1460. The summed E-state index contributed by atoms with van der Waals surface area (Å²) in [6.07, 6.45) is 2.07. The van der Waals surface area contributed by atoms with Crippen LogP contribution < -0.4 is 25.9 Å². The van der Waals surface area contributed by atoms with Crippen molar-refractivity contribution < 1.29 is 14.3 Å². The van der Waals surface area contributed by atoms with Crippen LogP contribution in [0.15, 0.2) is 78.9 Å². The minimum Gasteiger partial charge on any atom is -0.495 e. The fraction of sp³-hybridized carbons (Fsp3) is 0.281. The Labute approximate surface area is 231 Å². The average molecular weight is 540 g/mol. The van der Waals surface area contributed by atoms with Gasteiger partial charge in [-0.1, -0.05) is 73.4 Å². The summed E-state index contributed by atoms with van der Waals surface area (Å²) in [5.41, 5.74) is 4.81. The Hall–Kier alpha value is -3.81. The summed E-state index contributed by atoms with van der Waals surface area (Å²) in [6, 6.07) is 27.0. The molecular formula is C32H37N3O3Si. The Balaban J connectivity index is 1.36. The van der Waals surface area contributed by atoms with Crippen LogP contribution in [0.1, 0.15) is 12.8 Å². The molecule has 1 fully saturated rings. The van der Waals surface area contributed by atoms with E-state index in [-0.39, 0.29) is 6.03 Å². The first-order valence-corrected chi connectivity index (χ1v) is 17.0. The molecule has 0 bridgehead atoms. The van der Waals surface area contributed by atoms with E-state index in [2.05, 4.69) is 78.1 Å². The molecule has 0 aromatic heterocycles. The van der Waals surface area contributed by atoms with Crippen molar-refractivity contribution in [1.82, 2.24) is 0 Å². The summed E-state index contributed by atoms with van der Waals surface area (Å²) in [5.74, 6) is 0.641. The number of hydrogen-bond acceptors (Lipinski definition) is 4. The number of carbonyl (C=O) groups is 1. The third-order valence-electron chi connectivity index (χ3n) is 7.27. The molecule has 5 rings (SSSR count). The number of carbonyl (C=O) groups excluding carboxylic acids is 1. The molecule has 4 aromatic carbocycles. The molecule has 4 aromatic rings. The van der Waals surface area contributed by atoms with Crippen LogP contribution in [0.5, 0.6) is 5.75 Å². The van der Waals surface area contributed by atoms with E-state index in [1.807, 2.05) is 36.4 Å². The number of hydrogen-bond donors (Lipinski definition) is 3. The molecule has 2 amide bonds. The predicted molar refractivity (Wildman–Crippen MR) is 165 cm³/mol. The Morgan fingerprint density at radius 2 is 1.54 bits per heavy atom. The number of rotatable bonds is 7. The fourth-order valence-electron chi connectivity index (χ4n) is 5.03. The molecule has 0 radical (unpaired) electrons. The van der Waals surface area contributed by atoms with Crippen LogP contribution in [0.3, 0.4) is 0 Å². The lowest BCUT2D eigenvalue weighted by Gasteiger charge is -2.24. The van der Waals surface area contributed by atoms with Gasteiger partial charge in [0, 0.05) is 30.3 Å². The first kappa shape index (κ1) is 26.8. The molecule has 0 unspecified atom stereocenters. The highest BCUT2D eigenvalue weighted by Gasteiger charge is 2.19. The maximum atomic E-state index is 13.1. The summed E-state index contributed by atoms with van der Waals surface area (Å²) in [4.78, 5) is 13.1. The first-order chi connectivity index (χ1) is 18.8. The number of urea groups is 1. The minimum absolute atomic E-state index is 0.303. The summed E-state index contributed by atoms with van der Waals surface area (Å²) in [5, 5.41) is 13.0. The Morgan fingerprint density at radius 3 is 2.23 bits per heavy atom. The van der Waals surface area contributed by atoms with E-state index < -0.39 is 8.07 Å². The molecule has 7 heteroatoms. The van der Waals surface area contributed by atoms with Gasteiger partial charge in [-0.15, -0.1) is 0 Å². The van der Waals surface area contributed by atoms with Crippen molar-refractivity contribution in [2.24, 2.45) is 0 Å². The molecule has 0 aliphatic carbocycles. The van der Waals surface area contributed by atoms with Gasteiger partial charge in [0.1, 0.15) is 5.75 Å². The highest BCUT2D eigenvalue weighted by Crippen LogP contribution is 2.34. The topological polar surface area (TPSA) is 71.6 Å². The molecule has 0 saturated carbocycles. The van der Waals surface area contributed by atoms with E-state index in [1.165, 1.54) is 5.19 Å².